The summed E-state index contributed by atoms with van der Waals surface area (Å²) in [7, 11) is 2.61. The molecule has 0 saturated heterocycles. The molecule has 0 aliphatic carbocycles. The number of methoxy groups -OCH3 is 1. The van der Waals surface area contributed by atoms with Crippen LogP contribution < -0.4 is 0 Å². The Morgan fingerprint density at radius 1 is 1.56 bits per heavy atom. The number of halogens is 1. The average molecular weight is 346 g/mol. The number of aldehydes is 1. The van der Waals surface area contributed by atoms with Crippen LogP contribution in [0, 0.1) is 11.2 Å². The summed E-state index contributed by atoms with van der Waals surface area (Å²) in [5.41, 5.74) is 1.29. The Kier molecular flexibility index (Phi) is 5.35. The molecule has 0 bridgehead atoms. The van der Waals surface area contributed by atoms with Gasteiger partial charge in [-0.3, -0.25) is 4.79 Å². The summed E-state index contributed by atoms with van der Waals surface area (Å²) >= 11 is 2.04. The largest absolute Gasteiger partial charge is 0.465 e. The second-order valence-electron chi connectivity index (χ2n) is 2.72. The Bertz CT molecular complexity index is 474. The highest BCUT2D eigenvalue weighted by molar-refractivity contribution is 14.2. The van der Waals surface area contributed by atoms with Crippen LogP contribution in [-0.4, -0.2) is 19.4 Å². The zero-order chi connectivity index (χ0) is 12.0. The molecule has 1 rings (SSSR count). The van der Waals surface area contributed by atoms with E-state index in [9.17, 15) is 9.59 Å². The van der Waals surface area contributed by atoms with Crippen LogP contribution in [-0.2, 0) is 4.74 Å². The number of carbonyl (C=O) groups is 2. The number of ether oxygens (including phenoxy) is 1. The lowest BCUT2D eigenvalue weighted by Crippen LogP contribution is -2.04. The molecule has 0 N–H and O–H groups in total. The highest BCUT2D eigenvalue weighted by Crippen LogP contribution is 2.13. The first-order chi connectivity index (χ1) is 7.72. The summed E-state index contributed by atoms with van der Waals surface area (Å²) in [5, 5.41) is 2.78. The van der Waals surface area contributed by atoms with E-state index in [2.05, 4.69) is 15.9 Å². The van der Waals surface area contributed by atoms with Crippen molar-refractivity contribution in [1.29, 1.82) is 0 Å². The predicted octanol–water partition coefficient (Wildman–Crippen LogP) is 2.68. The van der Waals surface area contributed by atoms with E-state index in [0.717, 1.165) is 0 Å². The molecular formula is C11H7IO3S. The molecule has 0 aromatic heterocycles. The number of rotatable bonds is 2. The van der Waals surface area contributed by atoms with Gasteiger partial charge in [0.1, 0.15) is 6.29 Å². The van der Waals surface area contributed by atoms with Gasteiger partial charge in [-0.1, -0.05) is 12.0 Å². The van der Waals surface area contributed by atoms with Crippen molar-refractivity contribution in [2.45, 2.75) is 0 Å². The Balaban J connectivity index is 3.26. The summed E-state index contributed by atoms with van der Waals surface area (Å²) in [6.07, 6.45) is 0.677. The van der Waals surface area contributed by atoms with Crippen molar-refractivity contribution in [3.63, 3.8) is 0 Å². The van der Waals surface area contributed by atoms with Crippen LogP contribution in [0.25, 0.3) is 0 Å². The van der Waals surface area contributed by atoms with Gasteiger partial charge in [0.25, 0.3) is 0 Å². The van der Waals surface area contributed by atoms with Crippen molar-refractivity contribution < 1.29 is 14.3 Å². The van der Waals surface area contributed by atoms with Crippen LogP contribution >= 0.6 is 30.1 Å². The third-order valence-corrected chi connectivity index (χ3v) is 2.65. The van der Waals surface area contributed by atoms with Gasteiger partial charge in [0, 0.05) is 32.3 Å². The Morgan fingerprint density at radius 2 is 2.31 bits per heavy atom. The number of hydrogen-bond donors (Lipinski definition) is 0. The highest BCUT2D eigenvalue weighted by Gasteiger charge is 2.11. The minimum absolute atomic E-state index is 0.310. The molecule has 0 fully saturated rings. The van der Waals surface area contributed by atoms with Gasteiger partial charge < -0.3 is 4.74 Å². The summed E-state index contributed by atoms with van der Waals surface area (Å²) in [6.45, 7) is 0. The maximum atomic E-state index is 11.5. The Hall–Kier alpha value is -1.000. The second-order valence-corrected chi connectivity index (χ2v) is 4.40. The van der Waals surface area contributed by atoms with Crippen molar-refractivity contribution in [3.8, 4) is 11.2 Å². The van der Waals surface area contributed by atoms with Crippen molar-refractivity contribution in [2.24, 2.45) is 0 Å². The summed E-state index contributed by atoms with van der Waals surface area (Å²) in [4.78, 5) is 22.1. The Morgan fingerprint density at radius 3 is 2.88 bits per heavy atom. The van der Waals surface area contributed by atoms with E-state index in [1.807, 2.05) is 21.2 Å². The standard InChI is InChI=1S/C11H7IO3S/c1-15-11(14)10-6-8(7-13)2-3-9(10)4-5-16-12/h2-3,6-7H,1H3. The molecule has 3 nitrogen and oxygen atoms in total. The predicted molar refractivity (Wildman–Crippen MR) is 71.7 cm³/mol. The minimum atomic E-state index is -0.494. The fourth-order valence-corrected chi connectivity index (χ4v) is 1.58. The van der Waals surface area contributed by atoms with E-state index in [4.69, 9.17) is 0 Å². The van der Waals surface area contributed by atoms with Crippen molar-refractivity contribution in [1.82, 2.24) is 0 Å². The van der Waals surface area contributed by atoms with E-state index in [0.29, 0.717) is 23.0 Å². The van der Waals surface area contributed by atoms with E-state index in [1.165, 1.54) is 22.1 Å². The topological polar surface area (TPSA) is 43.4 Å². The normalized spacial score (nSPS) is 8.88. The molecule has 0 unspecified atom stereocenters. The lowest BCUT2D eigenvalue weighted by Gasteiger charge is -2.02. The quantitative estimate of drug-likeness (QED) is 0.357. The zero-order valence-corrected chi connectivity index (χ0v) is 11.3. The molecule has 0 aliphatic heterocycles. The molecule has 0 spiro atoms. The summed E-state index contributed by atoms with van der Waals surface area (Å²) in [5.74, 6) is 2.32. The van der Waals surface area contributed by atoms with Crippen LogP contribution in [0.2, 0.25) is 0 Å². The third-order valence-electron chi connectivity index (χ3n) is 1.81. The molecule has 0 amide bonds. The molecule has 0 saturated carbocycles. The molecule has 5 heteroatoms. The molecule has 1 aromatic rings. The molecule has 16 heavy (non-hydrogen) atoms. The van der Waals surface area contributed by atoms with Gasteiger partial charge in [0.2, 0.25) is 0 Å². The van der Waals surface area contributed by atoms with Crippen LogP contribution in [0.3, 0.4) is 0 Å². The average Bonchev–Trinajstić information content (AvgIpc) is 2.35. The van der Waals surface area contributed by atoms with E-state index < -0.39 is 5.97 Å². The first-order valence-corrected chi connectivity index (χ1v) is 7.55. The molecule has 0 radical (unpaired) electrons. The molecule has 0 atom stereocenters. The van der Waals surface area contributed by atoms with Gasteiger partial charge in [0.05, 0.1) is 12.7 Å². The molecule has 0 aliphatic rings. The van der Waals surface area contributed by atoms with Gasteiger partial charge in [0.15, 0.2) is 0 Å². The SMILES string of the molecule is COC(=O)c1cc(C=O)ccc1C#CSI. The minimum Gasteiger partial charge on any atom is -0.465 e. The lowest BCUT2D eigenvalue weighted by atomic mass is 10.1. The first-order valence-electron chi connectivity index (χ1n) is 4.19. The third kappa shape index (κ3) is 3.25. The maximum absolute atomic E-state index is 11.5. The van der Waals surface area contributed by atoms with Gasteiger partial charge in [-0.05, 0) is 26.3 Å². The molecule has 1 aromatic carbocycles. The van der Waals surface area contributed by atoms with Crippen LogP contribution in [0.5, 0.6) is 0 Å². The molecule has 0 heterocycles. The molecular weight excluding hydrogens is 339 g/mol. The van der Waals surface area contributed by atoms with Gasteiger partial charge in [-0.15, -0.1) is 0 Å². The van der Waals surface area contributed by atoms with Crippen molar-refractivity contribution in [3.05, 3.63) is 34.9 Å². The van der Waals surface area contributed by atoms with Crippen LogP contribution in [0.15, 0.2) is 18.2 Å². The van der Waals surface area contributed by atoms with E-state index in [-0.39, 0.29) is 0 Å². The molecule has 82 valence electrons. The number of benzene rings is 1. The zero-order valence-electron chi connectivity index (χ0n) is 8.32. The first kappa shape index (κ1) is 13.1. The van der Waals surface area contributed by atoms with Gasteiger partial charge >= 0.3 is 5.97 Å². The van der Waals surface area contributed by atoms with Gasteiger partial charge in [-0.25, -0.2) is 4.79 Å². The van der Waals surface area contributed by atoms with Crippen molar-refractivity contribution >= 4 is 42.4 Å². The maximum Gasteiger partial charge on any atom is 0.339 e. The fraction of sp³-hybridized carbons (Fsp3) is 0.0909. The number of carbonyl (C=O) groups excluding carboxylic acids is 2. The van der Waals surface area contributed by atoms with Crippen LogP contribution in [0.4, 0.5) is 0 Å². The fourth-order valence-electron chi connectivity index (χ4n) is 1.10. The highest BCUT2D eigenvalue weighted by atomic mass is 127. The van der Waals surface area contributed by atoms with Gasteiger partial charge in [-0.2, -0.15) is 0 Å². The Labute approximate surface area is 110 Å². The van der Waals surface area contributed by atoms with E-state index in [1.54, 1.807) is 12.1 Å². The second kappa shape index (κ2) is 6.55. The summed E-state index contributed by atoms with van der Waals surface area (Å²) in [6, 6.07) is 4.72. The summed E-state index contributed by atoms with van der Waals surface area (Å²) < 4.78 is 4.63. The van der Waals surface area contributed by atoms with Crippen molar-refractivity contribution in [2.75, 3.05) is 7.11 Å². The smallest absolute Gasteiger partial charge is 0.339 e. The number of hydrogen-bond acceptors (Lipinski definition) is 4. The monoisotopic (exact) mass is 346 g/mol. The van der Waals surface area contributed by atoms with E-state index >= 15 is 0 Å². The number of esters is 1. The van der Waals surface area contributed by atoms with Crippen LogP contribution in [0.1, 0.15) is 26.3 Å². The lowest BCUT2D eigenvalue weighted by molar-refractivity contribution is 0.0600.